The molecule has 0 fully saturated rings. The number of rotatable bonds is 7. The van der Waals surface area contributed by atoms with Gasteiger partial charge in [-0.05, 0) is 69.2 Å². The van der Waals surface area contributed by atoms with E-state index in [2.05, 4.69) is 5.32 Å². The number of ether oxygens (including phenoxy) is 1. The predicted octanol–water partition coefficient (Wildman–Crippen LogP) is 4.92. The Bertz CT molecular complexity index is 1210. The second-order valence-electron chi connectivity index (χ2n) is 7.54. The van der Waals surface area contributed by atoms with Crippen LogP contribution in [0.5, 0.6) is 5.75 Å². The summed E-state index contributed by atoms with van der Waals surface area (Å²) in [7, 11) is -2.34. The maximum Gasteiger partial charge on any atom is 0.256 e. The molecule has 0 aliphatic rings. The summed E-state index contributed by atoms with van der Waals surface area (Å²) in [5, 5.41) is 2.89. The molecule has 6 nitrogen and oxygen atoms in total. The van der Waals surface area contributed by atoms with E-state index in [1.807, 2.05) is 31.4 Å². The van der Waals surface area contributed by atoms with Gasteiger partial charge in [0.2, 0.25) is 9.84 Å². The van der Waals surface area contributed by atoms with Gasteiger partial charge < -0.3 is 14.6 Å². The first-order chi connectivity index (χ1) is 14.7. The third-order valence-electron chi connectivity index (χ3n) is 5.37. The lowest BCUT2D eigenvalue weighted by molar-refractivity contribution is 0.102. The first-order valence-electron chi connectivity index (χ1n) is 10.2. The minimum absolute atomic E-state index is 0.129. The number of amides is 1. The summed E-state index contributed by atoms with van der Waals surface area (Å²) in [6, 6.07) is 13.5. The monoisotopic (exact) mass is 440 g/mol. The fourth-order valence-corrected chi connectivity index (χ4v) is 5.33. The summed E-state index contributed by atoms with van der Waals surface area (Å²) in [6.07, 6.45) is 0.796. The van der Waals surface area contributed by atoms with Crippen LogP contribution in [0.15, 0.2) is 58.3 Å². The maximum atomic E-state index is 13.6. The number of nitrogens with one attached hydrogen (secondary N) is 1. The van der Waals surface area contributed by atoms with Crippen LogP contribution in [0.4, 0.5) is 5.82 Å². The summed E-state index contributed by atoms with van der Waals surface area (Å²) >= 11 is 0. The molecule has 0 unspecified atom stereocenters. The lowest BCUT2D eigenvalue weighted by Gasteiger charge is -2.14. The van der Waals surface area contributed by atoms with E-state index < -0.39 is 9.84 Å². The highest BCUT2D eigenvalue weighted by atomic mass is 32.2. The second-order valence-corrected chi connectivity index (χ2v) is 9.43. The molecule has 0 saturated carbocycles. The van der Waals surface area contributed by atoms with Crippen LogP contribution in [0.1, 0.15) is 40.5 Å². The molecular formula is C24H28N2O4S. The van der Waals surface area contributed by atoms with Crippen molar-refractivity contribution in [1.29, 1.82) is 0 Å². The van der Waals surface area contributed by atoms with E-state index in [0.29, 0.717) is 29.2 Å². The van der Waals surface area contributed by atoms with Gasteiger partial charge >= 0.3 is 0 Å². The highest BCUT2D eigenvalue weighted by molar-refractivity contribution is 7.91. The van der Waals surface area contributed by atoms with Gasteiger partial charge in [-0.2, -0.15) is 0 Å². The Hall–Kier alpha value is -3.06. The number of nitrogens with zero attached hydrogens (tertiary/aromatic N) is 1. The Balaban J connectivity index is 2.15. The molecule has 31 heavy (non-hydrogen) atoms. The number of aryl methyl sites for hydroxylation is 1. The average molecular weight is 441 g/mol. The number of hydrogen-bond acceptors (Lipinski definition) is 4. The van der Waals surface area contributed by atoms with Crippen LogP contribution in [0.25, 0.3) is 0 Å². The SMILES string of the molecule is CCCn1c(C)c(C)c(S(=O)(=O)c2ccc(OC)cc2)c1NC(=O)c1cccc(C)c1. The number of methoxy groups -OCH3 is 1. The van der Waals surface area contributed by atoms with Crippen LogP contribution in [0.2, 0.25) is 0 Å². The highest BCUT2D eigenvalue weighted by Gasteiger charge is 2.30. The molecule has 3 rings (SSSR count). The zero-order valence-corrected chi connectivity index (χ0v) is 19.3. The van der Waals surface area contributed by atoms with E-state index >= 15 is 0 Å². The quantitative estimate of drug-likeness (QED) is 0.566. The van der Waals surface area contributed by atoms with Crippen LogP contribution < -0.4 is 10.1 Å². The normalized spacial score (nSPS) is 11.4. The first-order valence-corrected chi connectivity index (χ1v) is 11.7. The summed E-state index contributed by atoms with van der Waals surface area (Å²) in [6.45, 7) is 8.16. The summed E-state index contributed by atoms with van der Waals surface area (Å²) in [5.41, 5.74) is 2.87. The van der Waals surface area contributed by atoms with E-state index in [1.165, 1.54) is 19.2 Å². The summed E-state index contributed by atoms with van der Waals surface area (Å²) in [4.78, 5) is 13.3. The molecule has 1 aromatic heterocycles. The minimum atomic E-state index is -3.87. The standard InChI is InChI=1S/C24H28N2O4S/c1-6-14-26-18(4)17(3)22(31(28,29)21-12-10-20(30-5)11-13-21)23(26)25-24(27)19-9-7-8-16(2)15-19/h7-13,15H,6,14H2,1-5H3,(H,25,27). The molecule has 0 atom stereocenters. The Labute approximate surface area is 183 Å². The van der Waals surface area contributed by atoms with Crippen molar-refractivity contribution in [1.82, 2.24) is 4.57 Å². The van der Waals surface area contributed by atoms with Gasteiger partial charge in [0, 0.05) is 17.8 Å². The molecule has 3 aromatic rings. The second kappa shape index (κ2) is 8.98. The first kappa shape index (κ1) is 22.6. The number of carbonyl (C=O) groups excluding carboxylic acids is 1. The summed E-state index contributed by atoms with van der Waals surface area (Å²) < 4.78 is 34.2. The van der Waals surface area contributed by atoms with Crippen molar-refractivity contribution < 1.29 is 17.9 Å². The fourth-order valence-electron chi connectivity index (χ4n) is 3.63. The number of benzene rings is 2. The molecule has 0 radical (unpaired) electrons. The van der Waals surface area contributed by atoms with E-state index in [9.17, 15) is 13.2 Å². The van der Waals surface area contributed by atoms with Gasteiger partial charge in [-0.3, -0.25) is 4.79 Å². The lowest BCUT2D eigenvalue weighted by Crippen LogP contribution is -2.18. The van der Waals surface area contributed by atoms with Crippen LogP contribution >= 0.6 is 0 Å². The Kier molecular flexibility index (Phi) is 6.55. The van der Waals surface area contributed by atoms with Gasteiger partial charge in [0.1, 0.15) is 16.5 Å². The Morgan fingerprint density at radius 3 is 2.32 bits per heavy atom. The zero-order chi connectivity index (χ0) is 22.8. The third-order valence-corrected chi connectivity index (χ3v) is 7.30. The van der Waals surface area contributed by atoms with Gasteiger partial charge in [-0.1, -0.05) is 24.6 Å². The number of sulfone groups is 1. The largest absolute Gasteiger partial charge is 0.497 e. The molecular weight excluding hydrogens is 412 g/mol. The van der Waals surface area contributed by atoms with Crippen molar-refractivity contribution in [3.8, 4) is 5.75 Å². The fraction of sp³-hybridized carbons (Fsp3) is 0.292. The topological polar surface area (TPSA) is 77.4 Å². The smallest absolute Gasteiger partial charge is 0.256 e. The van der Waals surface area contributed by atoms with Crippen molar-refractivity contribution in [2.75, 3.05) is 12.4 Å². The van der Waals surface area contributed by atoms with Gasteiger partial charge in [-0.25, -0.2) is 8.42 Å². The molecule has 7 heteroatoms. The van der Waals surface area contributed by atoms with Crippen LogP contribution in [-0.4, -0.2) is 26.0 Å². The molecule has 0 bridgehead atoms. The molecule has 0 saturated heterocycles. The minimum Gasteiger partial charge on any atom is -0.497 e. The van der Waals surface area contributed by atoms with Gasteiger partial charge in [0.05, 0.1) is 12.0 Å². The molecule has 1 heterocycles. The molecule has 1 N–H and O–H groups in total. The van der Waals surface area contributed by atoms with Crippen molar-refractivity contribution in [2.24, 2.45) is 0 Å². The molecule has 164 valence electrons. The number of carbonyl (C=O) groups is 1. The molecule has 0 spiro atoms. The third kappa shape index (κ3) is 4.37. The van der Waals surface area contributed by atoms with Crippen LogP contribution in [-0.2, 0) is 16.4 Å². The van der Waals surface area contributed by atoms with E-state index in [-0.39, 0.29) is 15.7 Å². The van der Waals surface area contributed by atoms with Crippen molar-refractivity contribution in [3.63, 3.8) is 0 Å². The van der Waals surface area contributed by atoms with E-state index in [4.69, 9.17) is 4.74 Å². The van der Waals surface area contributed by atoms with Gasteiger partial charge in [0.25, 0.3) is 5.91 Å². The molecule has 1 amide bonds. The van der Waals surface area contributed by atoms with Crippen LogP contribution in [0.3, 0.4) is 0 Å². The Morgan fingerprint density at radius 1 is 1.06 bits per heavy atom. The maximum absolute atomic E-state index is 13.6. The van der Waals surface area contributed by atoms with Gasteiger partial charge in [-0.15, -0.1) is 0 Å². The highest BCUT2D eigenvalue weighted by Crippen LogP contribution is 2.36. The average Bonchev–Trinajstić information content (AvgIpc) is 2.98. The summed E-state index contributed by atoms with van der Waals surface area (Å²) in [5.74, 6) is 0.535. The zero-order valence-electron chi connectivity index (χ0n) is 18.5. The predicted molar refractivity (Wildman–Crippen MR) is 122 cm³/mol. The molecule has 0 aliphatic carbocycles. The van der Waals surface area contributed by atoms with Crippen molar-refractivity contribution >= 4 is 21.6 Å². The van der Waals surface area contributed by atoms with E-state index in [0.717, 1.165) is 17.7 Å². The van der Waals surface area contributed by atoms with Crippen molar-refractivity contribution in [2.45, 2.75) is 50.5 Å². The number of aromatic nitrogens is 1. The van der Waals surface area contributed by atoms with Crippen molar-refractivity contribution in [3.05, 3.63) is 70.9 Å². The van der Waals surface area contributed by atoms with Gasteiger partial charge in [0.15, 0.2) is 0 Å². The number of anilines is 1. The lowest BCUT2D eigenvalue weighted by atomic mass is 10.1. The number of hydrogen-bond donors (Lipinski definition) is 1. The van der Waals surface area contributed by atoms with Crippen LogP contribution in [0, 0.1) is 20.8 Å². The van der Waals surface area contributed by atoms with E-state index in [1.54, 1.807) is 37.3 Å². The Morgan fingerprint density at radius 2 is 1.74 bits per heavy atom. The molecule has 2 aromatic carbocycles. The molecule has 0 aliphatic heterocycles.